The molecular formula is C8H7NNaO+. The number of carbonyl (C=O) groups is 1. The first-order valence-corrected chi connectivity index (χ1v) is 3.24. The van der Waals surface area contributed by atoms with Gasteiger partial charge in [-0.05, 0) is 11.6 Å². The molecule has 0 bridgehead atoms. The summed E-state index contributed by atoms with van der Waals surface area (Å²) in [7, 11) is 0. The normalized spacial score (nSPS) is 13.3. The average Bonchev–Trinajstić information content (AvgIpc) is 2.34. The predicted octanol–water partition coefficient (Wildman–Crippen LogP) is -2.07. The van der Waals surface area contributed by atoms with Crippen LogP contribution in [-0.4, -0.2) is 5.91 Å². The molecule has 1 N–H and O–H groups in total. The molecule has 0 aliphatic carbocycles. The molecule has 0 unspecified atom stereocenters. The van der Waals surface area contributed by atoms with Crippen LogP contribution in [0.2, 0.25) is 0 Å². The Balaban J connectivity index is 0.000000605. The molecule has 11 heavy (non-hydrogen) atoms. The molecule has 1 aliphatic rings. The van der Waals surface area contributed by atoms with E-state index in [1.165, 1.54) is 0 Å². The summed E-state index contributed by atoms with van der Waals surface area (Å²) < 4.78 is 0. The molecule has 1 aromatic carbocycles. The molecule has 0 saturated heterocycles. The zero-order valence-corrected chi connectivity index (χ0v) is 8.42. The van der Waals surface area contributed by atoms with Crippen molar-refractivity contribution in [2.24, 2.45) is 0 Å². The molecule has 0 radical (unpaired) electrons. The SMILES string of the molecule is O=C1NCc2ccccc21.[Na+]. The van der Waals surface area contributed by atoms with Crippen molar-refractivity contribution >= 4 is 5.91 Å². The molecule has 1 amide bonds. The largest absolute Gasteiger partial charge is 1.00 e. The summed E-state index contributed by atoms with van der Waals surface area (Å²) >= 11 is 0. The Morgan fingerprint density at radius 2 is 2.00 bits per heavy atom. The summed E-state index contributed by atoms with van der Waals surface area (Å²) in [6.45, 7) is 0.689. The zero-order valence-electron chi connectivity index (χ0n) is 6.42. The van der Waals surface area contributed by atoms with Gasteiger partial charge in [-0.3, -0.25) is 4.79 Å². The Morgan fingerprint density at radius 3 is 2.73 bits per heavy atom. The van der Waals surface area contributed by atoms with Crippen LogP contribution in [0.4, 0.5) is 0 Å². The van der Waals surface area contributed by atoms with E-state index in [1.54, 1.807) is 0 Å². The second-order valence-corrected chi connectivity index (χ2v) is 2.34. The fraction of sp³-hybridized carbons (Fsp3) is 0.125. The minimum absolute atomic E-state index is 0. The van der Waals surface area contributed by atoms with Crippen LogP contribution >= 0.6 is 0 Å². The van der Waals surface area contributed by atoms with Crippen molar-refractivity contribution < 1.29 is 34.4 Å². The molecule has 50 valence electrons. The van der Waals surface area contributed by atoms with Crippen molar-refractivity contribution in [3.63, 3.8) is 0 Å². The van der Waals surface area contributed by atoms with Crippen LogP contribution in [0.3, 0.4) is 0 Å². The van der Waals surface area contributed by atoms with Gasteiger partial charge in [-0.1, -0.05) is 18.2 Å². The van der Waals surface area contributed by atoms with Gasteiger partial charge in [0.15, 0.2) is 0 Å². The molecule has 3 heteroatoms. The van der Waals surface area contributed by atoms with Gasteiger partial charge in [-0.25, -0.2) is 0 Å². The molecule has 1 aromatic rings. The fourth-order valence-corrected chi connectivity index (χ4v) is 1.17. The molecule has 0 spiro atoms. The van der Waals surface area contributed by atoms with E-state index in [0.29, 0.717) is 6.54 Å². The maximum atomic E-state index is 11.0. The third-order valence-corrected chi connectivity index (χ3v) is 1.70. The summed E-state index contributed by atoms with van der Waals surface area (Å²) in [5.41, 5.74) is 1.93. The second kappa shape index (κ2) is 3.39. The molecule has 0 aromatic heterocycles. The third-order valence-electron chi connectivity index (χ3n) is 1.70. The number of nitrogens with one attached hydrogen (secondary N) is 1. The molecule has 2 nitrogen and oxygen atoms in total. The minimum atomic E-state index is 0. The van der Waals surface area contributed by atoms with Crippen molar-refractivity contribution in [3.8, 4) is 0 Å². The predicted molar refractivity (Wildman–Crippen MR) is 37.6 cm³/mol. The van der Waals surface area contributed by atoms with Crippen molar-refractivity contribution in [2.75, 3.05) is 0 Å². The van der Waals surface area contributed by atoms with E-state index in [2.05, 4.69) is 5.32 Å². The van der Waals surface area contributed by atoms with Crippen LogP contribution in [0.5, 0.6) is 0 Å². The second-order valence-electron chi connectivity index (χ2n) is 2.34. The van der Waals surface area contributed by atoms with Crippen molar-refractivity contribution in [1.29, 1.82) is 0 Å². The van der Waals surface area contributed by atoms with E-state index < -0.39 is 0 Å². The van der Waals surface area contributed by atoms with Crippen molar-refractivity contribution in [1.82, 2.24) is 5.32 Å². The number of carbonyl (C=O) groups excluding carboxylic acids is 1. The fourth-order valence-electron chi connectivity index (χ4n) is 1.17. The molecule has 1 heterocycles. The van der Waals surface area contributed by atoms with Crippen LogP contribution < -0.4 is 34.9 Å². The third kappa shape index (κ3) is 1.48. The van der Waals surface area contributed by atoms with Gasteiger partial charge in [0.1, 0.15) is 0 Å². The zero-order chi connectivity index (χ0) is 6.97. The molecule has 0 fully saturated rings. The first-order chi connectivity index (χ1) is 4.88. The van der Waals surface area contributed by atoms with Gasteiger partial charge < -0.3 is 5.32 Å². The summed E-state index contributed by atoms with van der Waals surface area (Å²) in [4.78, 5) is 11.0. The summed E-state index contributed by atoms with van der Waals surface area (Å²) in [6.07, 6.45) is 0. The van der Waals surface area contributed by atoms with Crippen LogP contribution in [0.15, 0.2) is 24.3 Å². The smallest absolute Gasteiger partial charge is 0.348 e. The molecule has 0 saturated carbocycles. The van der Waals surface area contributed by atoms with Crippen LogP contribution in [0, 0.1) is 0 Å². The summed E-state index contributed by atoms with van der Waals surface area (Å²) in [6, 6.07) is 7.63. The van der Waals surface area contributed by atoms with E-state index in [0.717, 1.165) is 11.1 Å². The first-order valence-electron chi connectivity index (χ1n) is 3.24. The van der Waals surface area contributed by atoms with E-state index >= 15 is 0 Å². The van der Waals surface area contributed by atoms with Gasteiger partial charge in [0.2, 0.25) is 0 Å². The van der Waals surface area contributed by atoms with Crippen LogP contribution in [0.25, 0.3) is 0 Å². The van der Waals surface area contributed by atoms with E-state index in [4.69, 9.17) is 0 Å². The number of benzene rings is 1. The van der Waals surface area contributed by atoms with Gasteiger partial charge in [-0.2, -0.15) is 0 Å². The number of rotatable bonds is 0. The summed E-state index contributed by atoms with van der Waals surface area (Å²) in [5, 5.41) is 2.75. The molecule has 0 atom stereocenters. The van der Waals surface area contributed by atoms with Crippen LogP contribution in [0.1, 0.15) is 15.9 Å². The summed E-state index contributed by atoms with van der Waals surface area (Å²) in [5.74, 6) is 0.0515. The average molecular weight is 156 g/mol. The number of amides is 1. The van der Waals surface area contributed by atoms with Crippen molar-refractivity contribution in [2.45, 2.75) is 6.54 Å². The maximum absolute atomic E-state index is 11.0. The number of hydrogen-bond acceptors (Lipinski definition) is 1. The Kier molecular flexibility index (Phi) is 2.71. The minimum Gasteiger partial charge on any atom is -0.348 e. The van der Waals surface area contributed by atoms with E-state index in [9.17, 15) is 4.79 Å². The maximum Gasteiger partial charge on any atom is 1.00 e. The number of hydrogen-bond donors (Lipinski definition) is 1. The molecule has 1 aliphatic heterocycles. The Labute approximate surface area is 87.3 Å². The molecular weight excluding hydrogens is 149 g/mol. The number of fused-ring (bicyclic) bond motifs is 1. The van der Waals surface area contributed by atoms with E-state index in [1.807, 2.05) is 24.3 Å². The molecule has 2 rings (SSSR count). The monoisotopic (exact) mass is 156 g/mol. The first kappa shape index (κ1) is 8.78. The Hall–Kier alpha value is -0.310. The standard InChI is InChI=1S/C8H7NO.Na/c10-8-7-4-2-1-3-6(7)5-9-8;/h1-4H,5H2,(H,9,10);/q;+1. The topological polar surface area (TPSA) is 29.1 Å². The van der Waals surface area contributed by atoms with Gasteiger partial charge in [0.05, 0.1) is 0 Å². The van der Waals surface area contributed by atoms with Gasteiger partial charge in [0, 0.05) is 12.1 Å². The quantitative estimate of drug-likeness (QED) is 0.430. The van der Waals surface area contributed by atoms with Crippen LogP contribution in [-0.2, 0) is 6.54 Å². The van der Waals surface area contributed by atoms with Crippen molar-refractivity contribution in [3.05, 3.63) is 35.4 Å². The van der Waals surface area contributed by atoms with Gasteiger partial charge in [0.25, 0.3) is 5.91 Å². The van der Waals surface area contributed by atoms with E-state index in [-0.39, 0.29) is 35.5 Å². The van der Waals surface area contributed by atoms with Gasteiger partial charge in [-0.15, -0.1) is 0 Å². The Bertz CT molecular complexity index is 285. The van der Waals surface area contributed by atoms with Gasteiger partial charge >= 0.3 is 29.6 Å². The Morgan fingerprint density at radius 1 is 1.27 bits per heavy atom.